The van der Waals surface area contributed by atoms with Crippen LogP contribution >= 0.6 is 0 Å². The van der Waals surface area contributed by atoms with Gasteiger partial charge in [0.1, 0.15) is 11.5 Å². The predicted octanol–water partition coefficient (Wildman–Crippen LogP) is 2.89. The van der Waals surface area contributed by atoms with Crippen LogP contribution in [-0.4, -0.2) is 17.1 Å². The molecule has 5 nitrogen and oxygen atoms in total. The topological polar surface area (TPSA) is 67.5 Å². The maximum Gasteiger partial charge on any atom is 0.272 e. The maximum atomic E-state index is 11.7. The van der Waals surface area contributed by atoms with Crippen molar-refractivity contribution in [3.05, 3.63) is 53.7 Å². The van der Waals surface area contributed by atoms with E-state index in [1.54, 1.807) is 24.5 Å². The minimum atomic E-state index is -0.268. The van der Waals surface area contributed by atoms with E-state index in [2.05, 4.69) is 15.5 Å². The molecule has 2 aromatic rings. The lowest BCUT2D eigenvalue weighted by atomic mass is 10.1. The number of nitrogens with one attached hydrogen (secondary N) is 1. The number of rotatable bonds is 5. The van der Waals surface area contributed by atoms with Crippen LogP contribution in [0.2, 0.25) is 0 Å². The first-order chi connectivity index (χ1) is 9.66. The first-order valence-electron chi connectivity index (χ1n) is 6.45. The summed E-state index contributed by atoms with van der Waals surface area (Å²) < 4.78 is 5.54. The minimum Gasteiger partial charge on any atom is -0.466 e. The van der Waals surface area contributed by atoms with Gasteiger partial charge in [-0.05, 0) is 37.6 Å². The van der Waals surface area contributed by atoms with Gasteiger partial charge in [0.05, 0.1) is 5.56 Å². The number of furan rings is 1. The Kier molecular flexibility index (Phi) is 4.65. The molecule has 2 rings (SSSR count). The Morgan fingerprint density at radius 1 is 1.50 bits per heavy atom. The first-order valence-corrected chi connectivity index (χ1v) is 6.45. The lowest BCUT2D eigenvalue weighted by Crippen LogP contribution is -2.17. The van der Waals surface area contributed by atoms with Gasteiger partial charge in [-0.3, -0.25) is 9.78 Å². The summed E-state index contributed by atoms with van der Waals surface area (Å²) in [6.45, 7) is 3.96. The Hall–Kier alpha value is -2.43. The molecule has 0 bridgehead atoms. The molecule has 0 aromatic carbocycles. The van der Waals surface area contributed by atoms with Crippen LogP contribution in [0.1, 0.15) is 41.1 Å². The van der Waals surface area contributed by atoms with E-state index >= 15 is 0 Å². The van der Waals surface area contributed by atoms with Crippen LogP contribution in [0.25, 0.3) is 0 Å². The highest BCUT2D eigenvalue weighted by Gasteiger charge is 2.08. The number of aryl methyl sites for hydroxylation is 1. The third-order valence-corrected chi connectivity index (χ3v) is 2.89. The van der Waals surface area contributed by atoms with Crippen molar-refractivity contribution in [2.45, 2.75) is 26.2 Å². The highest BCUT2D eigenvalue weighted by Crippen LogP contribution is 2.19. The number of pyridine rings is 1. The first kappa shape index (κ1) is 14.0. The molecule has 0 saturated heterocycles. The Morgan fingerprint density at radius 3 is 3.00 bits per heavy atom. The van der Waals surface area contributed by atoms with Crippen LogP contribution in [0.15, 0.2) is 46.2 Å². The lowest BCUT2D eigenvalue weighted by molar-refractivity contribution is 0.0954. The highest BCUT2D eigenvalue weighted by atomic mass is 16.3. The number of nitrogens with zero attached hydrogens (tertiary/aromatic N) is 2. The van der Waals surface area contributed by atoms with Crippen molar-refractivity contribution in [1.29, 1.82) is 0 Å². The molecular weight excluding hydrogens is 254 g/mol. The number of hydrogen-bond acceptors (Lipinski definition) is 4. The van der Waals surface area contributed by atoms with Crippen molar-refractivity contribution in [1.82, 2.24) is 10.4 Å². The van der Waals surface area contributed by atoms with Crippen molar-refractivity contribution in [3.63, 3.8) is 0 Å². The van der Waals surface area contributed by atoms with Crippen LogP contribution in [-0.2, 0) is 0 Å². The quantitative estimate of drug-likeness (QED) is 0.671. The monoisotopic (exact) mass is 271 g/mol. The number of aromatic nitrogens is 1. The fraction of sp³-hybridized carbons (Fsp3) is 0.267. The second kappa shape index (κ2) is 6.65. The summed E-state index contributed by atoms with van der Waals surface area (Å²) in [7, 11) is 0. The molecule has 104 valence electrons. The summed E-state index contributed by atoms with van der Waals surface area (Å²) in [5.41, 5.74) is 2.96. The van der Waals surface area contributed by atoms with Gasteiger partial charge in [0, 0.05) is 24.5 Å². The third kappa shape index (κ3) is 3.78. The molecule has 1 N–H and O–H groups in total. The summed E-state index contributed by atoms with van der Waals surface area (Å²) in [5, 5.41) is 3.93. The van der Waals surface area contributed by atoms with E-state index in [1.807, 2.05) is 26.0 Å². The molecule has 0 spiro atoms. The van der Waals surface area contributed by atoms with Crippen molar-refractivity contribution in [2.75, 3.05) is 0 Å². The summed E-state index contributed by atoms with van der Waals surface area (Å²) in [6.07, 6.45) is 5.49. The van der Waals surface area contributed by atoms with Gasteiger partial charge >= 0.3 is 0 Å². The molecule has 0 saturated carbocycles. The van der Waals surface area contributed by atoms with Gasteiger partial charge in [-0.25, -0.2) is 5.43 Å². The second-order valence-corrected chi connectivity index (χ2v) is 4.58. The Morgan fingerprint density at radius 2 is 2.35 bits per heavy atom. The molecule has 5 heteroatoms. The molecule has 1 amide bonds. The molecule has 2 aromatic heterocycles. The van der Waals surface area contributed by atoms with Crippen LogP contribution in [0.5, 0.6) is 0 Å². The standard InChI is InChI=1S/C15H17N3O2/c1-11(14-6-5-12(2)20-14)7-9-17-18-15(19)13-4-3-8-16-10-13/h3-6,8-11H,7H2,1-2H3,(H,18,19)/b17-9-/t11-/m0/s1. The number of amides is 1. The zero-order valence-corrected chi connectivity index (χ0v) is 11.5. The average molecular weight is 271 g/mol. The average Bonchev–Trinajstić information content (AvgIpc) is 2.91. The Labute approximate surface area is 117 Å². The molecule has 0 radical (unpaired) electrons. The van der Waals surface area contributed by atoms with Gasteiger partial charge in [-0.2, -0.15) is 5.10 Å². The predicted molar refractivity (Wildman–Crippen MR) is 76.7 cm³/mol. The molecule has 0 aliphatic carbocycles. The highest BCUT2D eigenvalue weighted by molar-refractivity contribution is 5.93. The van der Waals surface area contributed by atoms with Gasteiger partial charge in [-0.15, -0.1) is 0 Å². The smallest absolute Gasteiger partial charge is 0.272 e. The summed E-state index contributed by atoms with van der Waals surface area (Å²) in [5.74, 6) is 1.78. The van der Waals surface area contributed by atoms with Gasteiger partial charge in [0.25, 0.3) is 5.91 Å². The summed E-state index contributed by atoms with van der Waals surface area (Å²) in [6, 6.07) is 7.29. The number of hydrogen-bond donors (Lipinski definition) is 1. The summed E-state index contributed by atoms with van der Waals surface area (Å²) >= 11 is 0. The fourth-order valence-corrected chi connectivity index (χ4v) is 1.71. The van der Waals surface area contributed by atoms with Crippen molar-refractivity contribution in [2.24, 2.45) is 5.10 Å². The fourth-order valence-electron chi connectivity index (χ4n) is 1.71. The van der Waals surface area contributed by atoms with E-state index in [1.165, 1.54) is 6.20 Å². The lowest BCUT2D eigenvalue weighted by Gasteiger charge is -2.04. The van der Waals surface area contributed by atoms with Crippen LogP contribution < -0.4 is 5.43 Å². The van der Waals surface area contributed by atoms with Crippen molar-refractivity contribution >= 4 is 12.1 Å². The maximum absolute atomic E-state index is 11.7. The minimum absolute atomic E-state index is 0.225. The van der Waals surface area contributed by atoms with Crippen LogP contribution in [0.4, 0.5) is 0 Å². The SMILES string of the molecule is Cc1ccc([C@@H](C)C/C=N\NC(=O)c2cccnc2)o1. The van der Waals surface area contributed by atoms with Crippen LogP contribution in [0.3, 0.4) is 0 Å². The Balaban J connectivity index is 1.81. The van der Waals surface area contributed by atoms with Gasteiger partial charge in [0.2, 0.25) is 0 Å². The second-order valence-electron chi connectivity index (χ2n) is 4.58. The van der Waals surface area contributed by atoms with Gasteiger partial charge in [-0.1, -0.05) is 6.92 Å². The number of hydrazone groups is 1. The molecule has 0 unspecified atom stereocenters. The van der Waals surface area contributed by atoms with Crippen molar-refractivity contribution < 1.29 is 9.21 Å². The molecule has 1 atom stereocenters. The normalized spacial score (nSPS) is 12.5. The zero-order chi connectivity index (χ0) is 14.4. The molecule has 2 heterocycles. The third-order valence-electron chi connectivity index (χ3n) is 2.89. The van der Waals surface area contributed by atoms with E-state index in [-0.39, 0.29) is 11.8 Å². The van der Waals surface area contributed by atoms with Crippen molar-refractivity contribution in [3.8, 4) is 0 Å². The molecular formula is C15H17N3O2. The van der Waals surface area contributed by atoms with E-state index in [4.69, 9.17) is 4.42 Å². The van der Waals surface area contributed by atoms with E-state index in [0.29, 0.717) is 12.0 Å². The van der Waals surface area contributed by atoms with Gasteiger partial charge in [0.15, 0.2) is 0 Å². The molecule has 0 aliphatic rings. The summed E-state index contributed by atoms with van der Waals surface area (Å²) in [4.78, 5) is 15.6. The molecule has 0 fully saturated rings. The van der Waals surface area contributed by atoms with E-state index < -0.39 is 0 Å². The molecule has 20 heavy (non-hydrogen) atoms. The number of carbonyl (C=O) groups excluding carboxylic acids is 1. The molecule has 0 aliphatic heterocycles. The Bertz CT molecular complexity index is 590. The van der Waals surface area contributed by atoms with E-state index in [9.17, 15) is 4.79 Å². The zero-order valence-electron chi connectivity index (χ0n) is 11.5. The van der Waals surface area contributed by atoms with Crippen LogP contribution in [0, 0.1) is 6.92 Å². The largest absolute Gasteiger partial charge is 0.466 e. The van der Waals surface area contributed by atoms with E-state index in [0.717, 1.165) is 11.5 Å². The number of carbonyl (C=O) groups is 1. The van der Waals surface area contributed by atoms with Gasteiger partial charge < -0.3 is 4.42 Å².